The highest BCUT2D eigenvalue weighted by Crippen LogP contribution is 2.50. The average Bonchev–Trinajstić information content (AvgIpc) is 3.10. The number of rotatable bonds is 1. The molecule has 0 bridgehead atoms. The van der Waals surface area contributed by atoms with Crippen molar-refractivity contribution in [2.45, 2.75) is 13.8 Å². The molecule has 0 unspecified atom stereocenters. The van der Waals surface area contributed by atoms with Crippen molar-refractivity contribution in [3.8, 4) is 11.1 Å². The number of pyridine rings is 1. The topological polar surface area (TPSA) is 19.4 Å². The summed E-state index contributed by atoms with van der Waals surface area (Å²) in [5.74, 6) is 1.03. The zero-order valence-corrected chi connectivity index (χ0v) is 16.5. The lowest BCUT2D eigenvalue weighted by molar-refractivity contribution is 1.23. The van der Waals surface area contributed by atoms with E-state index in [9.17, 15) is 0 Å². The monoisotopic (exact) mass is 373 g/mol. The first kappa shape index (κ1) is 16.4. The maximum Gasteiger partial charge on any atom is 0.422 e. The van der Waals surface area contributed by atoms with Gasteiger partial charge in [0.25, 0.3) is 0 Å². The highest BCUT2D eigenvalue weighted by Gasteiger charge is 2.48. The highest BCUT2D eigenvalue weighted by molar-refractivity contribution is 6.86. The first-order chi connectivity index (χ1) is 14.3. The first-order valence-corrected chi connectivity index (χ1v) is 10.0. The molecule has 4 aromatic rings. The van der Waals surface area contributed by atoms with E-state index in [1.165, 1.54) is 44.8 Å². The van der Waals surface area contributed by atoms with Gasteiger partial charge in [-0.2, -0.15) is 0 Å². The number of nitrogens with zero attached hydrogens (tertiary/aromatic N) is 3. The van der Waals surface area contributed by atoms with Crippen LogP contribution in [-0.4, -0.2) is 12.0 Å². The Morgan fingerprint density at radius 2 is 1.31 bits per heavy atom. The summed E-state index contributed by atoms with van der Waals surface area (Å²) in [5.41, 5.74) is 10.0. The largest absolute Gasteiger partial charge is 0.422 e. The second-order valence-corrected chi connectivity index (χ2v) is 7.80. The molecule has 2 aliphatic rings. The fourth-order valence-electron chi connectivity index (χ4n) is 4.95. The van der Waals surface area contributed by atoms with Crippen LogP contribution in [0.5, 0.6) is 0 Å². The van der Waals surface area contributed by atoms with Crippen LogP contribution in [0.15, 0.2) is 85.1 Å². The van der Waals surface area contributed by atoms with Gasteiger partial charge in [-0.25, -0.2) is 4.98 Å². The summed E-state index contributed by atoms with van der Waals surface area (Å²) < 4.78 is 0. The fourth-order valence-corrected chi connectivity index (χ4v) is 4.95. The van der Waals surface area contributed by atoms with Crippen LogP contribution in [0, 0.1) is 13.8 Å². The van der Waals surface area contributed by atoms with Gasteiger partial charge in [0.1, 0.15) is 5.82 Å². The van der Waals surface area contributed by atoms with Crippen LogP contribution in [0.1, 0.15) is 11.1 Å². The van der Waals surface area contributed by atoms with Crippen molar-refractivity contribution in [3.63, 3.8) is 0 Å². The number of anilines is 4. The number of fused-ring (bicyclic) bond motifs is 8. The zero-order valence-electron chi connectivity index (χ0n) is 16.5. The van der Waals surface area contributed by atoms with Crippen molar-refractivity contribution >= 4 is 35.3 Å². The maximum absolute atomic E-state index is 4.83. The molecule has 0 radical (unpaired) electrons. The van der Waals surface area contributed by atoms with Crippen molar-refractivity contribution in [1.29, 1.82) is 0 Å². The summed E-state index contributed by atoms with van der Waals surface area (Å²) in [6.07, 6.45) is 1.90. The van der Waals surface area contributed by atoms with Crippen LogP contribution < -0.4 is 15.1 Å². The minimum atomic E-state index is 0.0470. The zero-order chi connectivity index (χ0) is 19.5. The van der Waals surface area contributed by atoms with E-state index in [0.29, 0.717) is 0 Å². The molecule has 3 aromatic carbocycles. The van der Waals surface area contributed by atoms with Crippen LogP contribution in [-0.2, 0) is 0 Å². The molecule has 0 fully saturated rings. The molecule has 3 nitrogen and oxygen atoms in total. The Hall–Kier alpha value is -3.53. The molecule has 0 N–H and O–H groups in total. The number of hydrogen-bond donors (Lipinski definition) is 0. The lowest BCUT2D eigenvalue weighted by Gasteiger charge is -2.36. The van der Waals surface area contributed by atoms with Gasteiger partial charge in [-0.15, -0.1) is 0 Å². The van der Waals surface area contributed by atoms with Crippen LogP contribution in [0.4, 0.5) is 22.9 Å². The third-order valence-electron chi connectivity index (χ3n) is 6.11. The van der Waals surface area contributed by atoms with Crippen molar-refractivity contribution in [2.24, 2.45) is 0 Å². The Kier molecular flexibility index (Phi) is 3.39. The standard InChI is InChI=1S/C25H20BN3/c1-17-9-7-10-18(2)24(17)28-22-14-5-6-15-23(22)29-25-20(12-8-16-27-25)19-11-3-4-13-21(19)26(28)29/h3-16H,1-2H3. The van der Waals surface area contributed by atoms with Gasteiger partial charge in [0.2, 0.25) is 0 Å². The molecule has 3 heterocycles. The molecule has 0 saturated heterocycles. The molecule has 0 saturated carbocycles. The number of aromatic nitrogens is 1. The van der Waals surface area contributed by atoms with Crippen LogP contribution >= 0.6 is 0 Å². The summed E-state index contributed by atoms with van der Waals surface area (Å²) in [6, 6.07) is 28.2. The second kappa shape index (κ2) is 5.98. The molecule has 2 aliphatic heterocycles. The van der Waals surface area contributed by atoms with Gasteiger partial charge < -0.3 is 9.62 Å². The number of aryl methyl sites for hydroxylation is 2. The van der Waals surface area contributed by atoms with Gasteiger partial charge in [-0.05, 0) is 60.3 Å². The molecule has 0 aliphatic carbocycles. The molecular formula is C25H20BN3. The smallest absolute Gasteiger partial charge is 0.359 e. The Morgan fingerprint density at radius 3 is 2.10 bits per heavy atom. The van der Waals surface area contributed by atoms with Crippen molar-refractivity contribution < 1.29 is 0 Å². The number of benzene rings is 3. The van der Waals surface area contributed by atoms with Gasteiger partial charge in [0.05, 0.1) is 11.4 Å². The normalized spacial score (nSPS) is 13.7. The predicted octanol–water partition coefficient (Wildman–Crippen LogP) is 5.36. The van der Waals surface area contributed by atoms with E-state index in [1.54, 1.807) is 0 Å². The van der Waals surface area contributed by atoms with Gasteiger partial charge in [-0.1, -0.05) is 54.6 Å². The Balaban J connectivity index is 1.71. The van der Waals surface area contributed by atoms with Crippen LogP contribution in [0.3, 0.4) is 0 Å². The lowest BCUT2D eigenvalue weighted by Crippen LogP contribution is -2.56. The van der Waals surface area contributed by atoms with Gasteiger partial charge in [-0.3, -0.25) is 0 Å². The Labute approximate surface area is 171 Å². The van der Waals surface area contributed by atoms with Gasteiger partial charge in [0.15, 0.2) is 0 Å². The minimum Gasteiger partial charge on any atom is -0.359 e. The first-order valence-electron chi connectivity index (χ1n) is 10.0. The molecule has 4 heteroatoms. The second-order valence-electron chi connectivity index (χ2n) is 7.80. The van der Waals surface area contributed by atoms with Crippen LogP contribution in [0.2, 0.25) is 0 Å². The Morgan fingerprint density at radius 1 is 0.655 bits per heavy atom. The quantitative estimate of drug-likeness (QED) is 0.419. The molecule has 0 amide bonds. The van der Waals surface area contributed by atoms with Gasteiger partial charge in [0, 0.05) is 17.4 Å². The van der Waals surface area contributed by atoms with E-state index in [4.69, 9.17) is 4.98 Å². The molecule has 1 aromatic heterocycles. The molecule has 138 valence electrons. The maximum atomic E-state index is 4.83. The van der Waals surface area contributed by atoms with Crippen molar-refractivity contribution in [1.82, 2.24) is 4.98 Å². The summed E-state index contributed by atoms with van der Waals surface area (Å²) in [6.45, 7) is 4.45. The van der Waals surface area contributed by atoms with Crippen LogP contribution in [0.25, 0.3) is 11.1 Å². The predicted molar refractivity (Wildman–Crippen MR) is 122 cm³/mol. The van der Waals surface area contributed by atoms with E-state index in [-0.39, 0.29) is 6.98 Å². The molecule has 6 rings (SSSR count). The number of para-hydroxylation sites is 3. The summed E-state index contributed by atoms with van der Waals surface area (Å²) in [7, 11) is 0. The lowest BCUT2D eigenvalue weighted by atomic mass is 9.59. The summed E-state index contributed by atoms with van der Waals surface area (Å²) in [5, 5.41) is 0. The van der Waals surface area contributed by atoms with Gasteiger partial charge >= 0.3 is 6.98 Å². The third-order valence-corrected chi connectivity index (χ3v) is 6.11. The van der Waals surface area contributed by atoms with E-state index >= 15 is 0 Å². The minimum absolute atomic E-state index is 0.0470. The van der Waals surface area contributed by atoms with E-state index < -0.39 is 0 Å². The Bertz CT molecular complexity index is 1250. The van der Waals surface area contributed by atoms with E-state index in [1.807, 2.05) is 12.3 Å². The summed E-state index contributed by atoms with van der Waals surface area (Å²) in [4.78, 5) is 9.73. The molecule has 29 heavy (non-hydrogen) atoms. The van der Waals surface area contributed by atoms with E-state index in [0.717, 1.165) is 5.82 Å². The molecule has 0 spiro atoms. The molecule has 0 atom stereocenters. The SMILES string of the molecule is Cc1cccc(C)c1N1B2c3ccccc3-c3cccnc3N2c2ccccc21. The summed E-state index contributed by atoms with van der Waals surface area (Å²) >= 11 is 0. The van der Waals surface area contributed by atoms with E-state index in [2.05, 4.69) is 96.3 Å². The molecular weight excluding hydrogens is 353 g/mol. The average molecular weight is 373 g/mol. The fraction of sp³-hybridized carbons (Fsp3) is 0.0800. The highest BCUT2D eigenvalue weighted by atomic mass is 15.3. The third kappa shape index (κ3) is 2.17. The van der Waals surface area contributed by atoms with Crippen molar-refractivity contribution in [2.75, 3.05) is 9.62 Å². The van der Waals surface area contributed by atoms with Crippen molar-refractivity contribution in [3.05, 3.63) is 96.2 Å². The number of hydrogen-bond acceptors (Lipinski definition) is 3.